The number of hydrogen-bond donors (Lipinski definition) is 1. The van der Waals surface area contributed by atoms with E-state index < -0.39 is 0 Å². The summed E-state index contributed by atoms with van der Waals surface area (Å²) < 4.78 is 1.74. The van der Waals surface area contributed by atoms with Crippen LogP contribution in [0, 0.1) is 0 Å². The summed E-state index contributed by atoms with van der Waals surface area (Å²) in [6, 6.07) is 1.79. The Labute approximate surface area is 73.4 Å². The lowest BCUT2D eigenvalue weighted by Gasteiger charge is -1.96. The summed E-state index contributed by atoms with van der Waals surface area (Å²) in [6.45, 7) is 0. The fraction of sp³-hybridized carbons (Fsp3) is 0. The third kappa shape index (κ3) is 0.985. The molecule has 0 aliphatic heterocycles. The minimum absolute atomic E-state index is 0.535. The molecule has 2 rings (SSSR count). The van der Waals surface area contributed by atoms with Crippen LogP contribution in [0.1, 0.15) is 0 Å². The fourth-order valence-corrected chi connectivity index (χ4v) is 1.21. The normalized spacial score (nSPS) is 10.7. The number of hydrogen-bond acceptors (Lipinski definition) is 3. The van der Waals surface area contributed by atoms with E-state index in [0.29, 0.717) is 15.6 Å². The van der Waals surface area contributed by atoms with Crippen molar-refractivity contribution >= 4 is 29.9 Å². The van der Waals surface area contributed by atoms with Crippen molar-refractivity contribution in [3.8, 4) is 0 Å². The lowest BCUT2D eigenvalue weighted by molar-refractivity contribution is 1.10. The molecule has 0 N–H and O–H groups in total. The number of fused-ring (bicyclic) bond motifs is 1. The van der Waals surface area contributed by atoms with Gasteiger partial charge in [0.05, 0.1) is 5.02 Å². The van der Waals surface area contributed by atoms with Gasteiger partial charge in [-0.05, 0) is 6.07 Å². The average molecular weight is 186 g/mol. The third-order valence-corrected chi connectivity index (χ3v) is 2.26. The van der Waals surface area contributed by atoms with Crippen molar-refractivity contribution in [2.24, 2.45) is 0 Å². The van der Waals surface area contributed by atoms with Gasteiger partial charge >= 0.3 is 0 Å². The molecule has 3 nitrogen and oxygen atoms in total. The number of rotatable bonds is 0. The predicted octanol–water partition coefficient (Wildman–Crippen LogP) is 1.67. The molecule has 2 aromatic rings. The molecule has 0 bridgehead atoms. The second kappa shape index (κ2) is 2.39. The number of aromatic nitrogens is 3. The van der Waals surface area contributed by atoms with Gasteiger partial charge in [-0.2, -0.15) is 0 Å². The molecule has 5 heteroatoms. The van der Waals surface area contributed by atoms with Crippen LogP contribution in [0.25, 0.3) is 5.65 Å². The largest absolute Gasteiger partial charge is 0.288 e. The van der Waals surface area contributed by atoms with E-state index in [4.69, 9.17) is 11.6 Å². The Kier molecular flexibility index (Phi) is 1.51. The summed E-state index contributed by atoms with van der Waals surface area (Å²) in [5.41, 5.74) is 0.638. The van der Waals surface area contributed by atoms with Gasteiger partial charge in [0.15, 0.2) is 5.65 Å². The Morgan fingerprint density at radius 3 is 3.18 bits per heavy atom. The zero-order valence-electron chi connectivity index (χ0n) is 5.40. The topological polar surface area (TPSA) is 30.2 Å². The molecule has 0 spiro atoms. The van der Waals surface area contributed by atoms with Crippen molar-refractivity contribution in [1.29, 1.82) is 0 Å². The lowest BCUT2D eigenvalue weighted by atomic mass is 10.5. The number of thiol groups is 1. The second-order valence-electron chi connectivity index (χ2n) is 2.08. The quantitative estimate of drug-likeness (QED) is 0.633. The van der Waals surface area contributed by atoms with Crippen LogP contribution in [0.2, 0.25) is 5.02 Å². The standard InChI is InChI=1S/C6H4ClN3S/c7-5-4(11)1-2-10-3-8-9-6(5)10/h1-3,11H. The van der Waals surface area contributed by atoms with Crippen molar-refractivity contribution in [2.45, 2.75) is 4.90 Å². The van der Waals surface area contributed by atoms with Crippen LogP contribution < -0.4 is 0 Å². The fourth-order valence-electron chi connectivity index (χ4n) is 0.847. The van der Waals surface area contributed by atoms with Crippen LogP contribution in [0.4, 0.5) is 0 Å². The maximum atomic E-state index is 5.87. The third-order valence-electron chi connectivity index (χ3n) is 1.39. The van der Waals surface area contributed by atoms with Gasteiger partial charge in [-0.1, -0.05) is 11.6 Å². The van der Waals surface area contributed by atoms with Crippen LogP contribution in [-0.4, -0.2) is 14.6 Å². The van der Waals surface area contributed by atoms with Crippen molar-refractivity contribution in [2.75, 3.05) is 0 Å². The lowest BCUT2D eigenvalue weighted by Crippen LogP contribution is -1.83. The average Bonchev–Trinajstić information content (AvgIpc) is 2.45. The molecule has 0 aliphatic carbocycles. The molecule has 0 amide bonds. The van der Waals surface area contributed by atoms with E-state index in [9.17, 15) is 0 Å². The van der Waals surface area contributed by atoms with E-state index in [2.05, 4.69) is 22.8 Å². The van der Waals surface area contributed by atoms with E-state index in [1.54, 1.807) is 16.8 Å². The smallest absolute Gasteiger partial charge is 0.180 e. The number of pyridine rings is 1. The molecule has 0 aliphatic rings. The van der Waals surface area contributed by atoms with Crippen LogP contribution in [0.5, 0.6) is 0 Å². The van der Waals surface area contributed by atoms with E-state index in [-0.39, 0.29) is 0 Å². The maximum Gasteiger partial charge on any atom is 0.180 e. The second-order valence-corrected chi connectivity index (χ2v) is 2.94. The Bertz CT molecular complexity index is 398. The molecular weight excluding hydrogens is 182 g/mol. The van der Waals surface area contributed by atoms with Gasteiger partial charge in [-0.15, -0.1) is 22.8 Å². The Balaban J connectivity index is 2.93. The highest BCUT2D eigenvalue weighted by molar-refractivity contribution is 7.80. The summed E-state index contributed by atoms with van der Waals surface area (Å²) in [5, 5.41) is 8.04. The van der Waals surface area contributed by atoms with Crippen molar-refractivity contribution in [3.63, 3.8) is 0 Å². The van der Waals surface area contributed by atoms with Crippen LogP contribution in [0.15, 0.2) is 23.5 Å². The molecule has 2 heterocycles. The zero-order chi connectivity index (χ0) is 7.84. The SMILES string of the molecule is Sc1ccn2cnnc2c1Cl. The molecule has 0 radical (unpaired) electrons. The molecule has 0 unspecified atom stereocenters. The van der Waals surface area contributed by atoms with E-state index in [1.165, 1.54) is 0 Å². The first kappa shape index (κ1) is 6.94. The van der Waals surface area contributed by atoms with Gasteiger partial charge in [0.25, 0.3) is 0 Å². The first-order chi connectivity index (χ1) is 5.29. The molecule has 0 aromatic carbocycles. The van der Waals surface area contributed by atoms with Gasteiger partial charge in [-0.3, -0.25) is 4.40 Å². The summed E-state index contributed by atoms with van der Waals surface area (Å²) >= 11 is 10.0. The van der Waals surface area contributed by atoms with Gasteiger partial charge < -0.3 is 0 Å². The summed E-state index contributed by atoms with van der Waals surface area (Å²) in [6.07, 6.45) is 3.40. The summed E-state index contributed by atoms with van der Waals surface area (Å²) in [7, 11) is 0. The van der Waals surface area contributed by atoms with Gasteiger partial charge in [0.1, 0.15) is 6.33 Å². The molecule has 0 atom stereocenters. The minimum atomic E-state index is 0.535. The van der Waals surface area contributed by atoms with Gasteiger partial charge in [-0.25, -0.2) is 0 Å². The predicted molar refractivity (Wildman–Crippen MR) is 45.2 cm³/mol. The first-order valence-corrected chi connectivity index (χ1v) is 3.78. The van der Waals surface area contributed by atoms with Crippen LogP contribution in [-0.2, 0) is 0 Å². The molecule has 0 saturated heterocycles. The molecule has 11 heavy (non-hydrogen) atoms. The highest BCUT2D eigenvalue weighted by atomic mass is 35.5. The monoisotopic (exact) mass is 185 g/mol. The highest BCUT2D eigenvalue weighted by Gasteiger charge is 2.03. The number of nitrogens with zero attached hydrogens (tertiary/aromatic N) is 3. The molecule has 2 aromatic heterocycles. The van der Waals surface area contributed by atoms with E-state index in [0.717, 1.165) is 0 Å². The highest BCUT2D eigenvalue weighted by Crippen LogP contribution is 2.22. The van der Waals surface area contributed by atoms with Crippen LogP contribution >= 0.6 is 24.2 Å². The van der Waals surface area contributed by atoms with Gasteiger partial charge in [0, 0.05) is 11.1 Å². The Morgan fingerprint density at radius 2 is 2.36 bits per heavy atom. The molecule has 0 fully saturated rings. The summed E-state index contributed by atoms with van der Waals surface area (Å²) in [5.74, 6) is 0. The Hall–Kier alpha value is -0.740. The minimum Gasteiger partial charge on any atom is -0.288 e. The first-order valence-electron chi connectivity index (χ1n) is 2.96. The Morgan fingerprint density at radius 1 is 1.55 bits per heavy atom. The molecule has 0 saturated carbocycles. The van der Waals surface area contributed by atoms with Crippen LogP contribution in [0.3, 0.4) is 0 Å². The maximum absolute atomic E-state index is 5.87. The van der Waals surface area contributed by atoms with E-state index >= 15 is 0 Å². The van der Waals surface area contributed by atoms with E-state index in [1.807, 2.05) is 6.20 Å². The van der Waals surface area contributed by atoms with Crippen molar-refractivity contribution in [1.82, 2.24) is 14.6 Å². The van der Waals surface area contributed by atoms with Gasteiger partial charge in [0.2, 0.25) is 0 Å². The molecular formula is C6H4ClN3S. The van der Waals surface area contributed by atoms with Crippen molar-refractivity contribution < 1.29 is 0 Å². The summed E-state index contributed by atoms with van der Waals surface area (Å²) in [4.78, 5) is 0.715. The zero-order valence-corrected chi connectivity index (χ0v) is 7.05. The molecule has 56 valence electrons. The number of halogens is 1. The van der Waals surface area contributed by atoms with Crippen molar-refractivity contribution in [3.05, 3.63) is 23.6 Å².